The van der Waals surface area contributed by atoms with E-state index in [4.69, 9.17) is 19.3 Å². The number of nitrogens with one attached hydrogen (secondary N) is 3. The fraction of sp³-hybridized carbons (Fsp3) is 0.591. The van der Waals surface area contributed by atoms with Crippen molar-refractivity contribution in [2.75, 3.05) is 26.3 Å². The van der Waals surface area contributed by atoms with Crippen LogP contribution in [0.15, 0.2) is 30.3 Å². The molecule has 0 spiro atoms. The van der Waals surface area contributed by atoms with Crippen molar-refractivity contribution >= 4 is 18.1 Å². The minimum atomic E-state index is -1.10. The molecule has 10 heteroatoms. The van der Waals surface area contributed by atoms with Crippen LogP contribution in [-0.2, 0) is 25.6 Å². The molecule has 180 valence electrons. The van der Waals surface area contributed by atoms with Crippen LogP contribution in [0.5, 0.6) is 0 Å². The van der Waals surface area contributed by atoms with Crippen LogP contribution in [0, 0.1) is 0 Å². The Morgan fingerprint density at radius 3 is 2.25 bits per heavy atom. The minimum absolute atomic E-state index is 0.0912. The zero-order chi connectivity index (χ0) is 23.6. The first-order valence-electron chi connectivity index (χ1n) is 10.9. The van der Waals surface area contributed by atoms with Gasteiger partial charge in [0.25, 0.3) is 0 Å². The van der Waals surface area contributed by atoms with E-state index in [1.54, 1.807) is 0 Å². The Kier molecular flexibility index (Phi) is 14.3. The Bertz CT molecular complexity index is 667. The lowest BCUT2D eigenvalue weighted by atomic mass is 10.1. The number of ether oxygens (including phenoxy) is 3. The standard InChI is InChI=1S/C22H35N3O7/c1-3-30-19(31-4-2)13-15-23-20(26)18(12-8-9-14-24-21(27)28)25-22(29)32-16-17-10-6-5-7-11-17/h5-7,10-11,18-19,24H,3-4,8-9,12-16H2,1-2H3,(H,23,26)(H,25,29)(H,27,28). The summed E-state index contributed by atoms with van der Waals surface area (Å²) in [4.78, 5) is 35.4. The van der Waals surface area contributed by atoms with E-state index in [1.807, 2.05) is 44.2 Å². The molecule has 0 aliphatic rings. The van der Waals surface area contributed by atoms with Gasteiger partial charge >= 0.3 is 12.2 Å². The zero-order valence-electron chi connectivity index (χ0n) is 18.8. The summed E-state index contributed by atoms with van der Waals surface area (Å²) in [6.07, 6.45) is -0.311. The second kappa shape index (κ2) is 16.8. The van der Waals surface area contributed by atoms with Crippen LogP contribution in [0.4, 0.5) is 9.59 Å². The summed E-state index contributed by atoms with van der Waals surface area (Å²) in [5.41, 5.74) is 0.835. The van der Waals surface area contributed by atoms with E-state index in [-0.39, 0.29) is 19.1 Å². The number of benzene rings is 1. The Morgan fingerprint density at radius 1 is 0.938 bits per heavy atom. The Morgan fingerprint density at radius 2 is 1.62 bits per heavy atom. The summed E-state index contributed by atoms with van der Waals surface area (Å²) in [5.74, 6) is -0.348. The number of alkyl carbamates (subject to hydrolysis) is 1. The predicted molar refractivity (Wildman–Crippen MR) is 118 cm³/mol. The van der Waals surface area contributed by atoms with Gasteiger partial charge in [-0.05, 0) is 38.7 Å². The second-order valence-electron chi connectivity index (χ2n) is 6.91. The quantitative estimate of drug-likeness (QED) is 0.223. The van der Waals surface area contributed by atoms with Crippen LogP contribution in [0.2, 0.25) is 0 Å². The molecule has 0 aliphatic carbocycles. The third kappa shape index (κ3) is 12.8. The molecule has 0 fully saturated rings. The molecule has 4 N–H and O–H groups in total. The van der Waals surface area contributed by atoms with E-state index >= 15 is 0 Å². The van der Waals surface area contributed by atoms with Crippen molar-refractivity contribution in [2.45, 2.75) is 58.5 Å². The lowest BCUT2D eigenvalue weighted by Crippen LogP contribution is -2.47. The van der Waals surface area contributed by atoms with Gasteiger partial charge < -0.3 is 35.3 Å². The van der Waals surface area contributed by atoms with Gasteiger partial charge in [-0.2, -0.15) is 0 Å². The molecule has 3 amide bonds. The summed E-state index contributed by atoms with van der Waals surface area (Å²) in [6, 6.07) is 8.41. The van der Waals surface area contributed by atoms with E-state index < -0.39 is 24.5 Å². The average Bonchev–Trinajstić information content (AvgIpc) is 2.77. The molecule has 0 saturated carbocycles. The fourth-order valence-corrected chi connectivity index (χ4v) is 2.87. The molecule has 1 rings (SSSR count). The maximum atomic E-state index is 12.6. The zero-order valence-corrected chi connectivity index (χ0v) is 18.8. The van der Waals surface area contributed by atoms with Crippen molar-refractivity contribution in [1.29, 1.82) is 0 Å². The molecule has 32 heavy (non-hydrogen) atoms. The number of carboxylic acid groups (broad SMARTS) is 1. The Labute approximate surface area is 189 Å². The molecule has 0 saturated heterocycles. The molecule has 0 radical (unpaired) electrons. The van der Waals surface area contributed by atoms with Crippen LogP contribution in [0.25, 0.3) is 0 Å². The summed E-state index contributed by atoms with van der Waals surface area (Å²) >= 11 is 0. The highest BCUT2D eigenvalue weighted by molar-refractivity contribution is 5.85. The maximum absolute atomic E-state index is 12.6. The summed E-state index contributed by atoms with van der Waals surface area (Å²) in [7, 11) is 0. The van der Waals surface area contributed by atoms with Gasteiger partial charge in [-0.1, -0.05) is 30.3 Å². The molecule has 0 aliphatic heterocycles. The summed E-state index contributed by atoms with van der Waals surface area (Å²) < 4.78 is 16.1. The highest BCUT2D eigenvalue weighted by atomic mass is 16.7. The second-order valence-corrected chi connectivity index (χ2v) is 6.91. The van der Waals surface area contributed by atoms with E-state index in [1.165, 1.54) is 0 Å². The molecular weight excluding hydrogens is 418 g/mol. The van der Waals surface area contributed by atoms with Crippen LogP contribution in [-0.4, -0.2) is 61.8 Å². The lowest BCUT2D eigenvalue weighted by Gasteiger charge is -2.20. The van der Waals surface area contributed by atoms with E-state index in [0.717, 1.165) is 5.56 Å². The molecule has 10 nitrogen and oxygen atoms in total. The molecule has 1 aromatic carbocycles. The Hall–Kier alpha value is -2.85. The number of carbonyl (C=O) groups excluding carboxylic acids is 2. The fourth-order valence-electron chi connectivity index (χ4n) is 2.87. The highest BCUT2D eigenvalue weighted by Gasteiger charge is 2.21. The molecule has 1 atom stereocenters. The molecule has 0 aromatic heterocycles. The van der Waals surface area contributed by atoms with Gasteiger partial charge in [-0.15, -0.1) is 0 Å². The van der Waals surface area contributed by atoms with Gasteiger partial charge in [0.1, 0.15) is 12.6 Å². The molecule has 0 heterocycles. The first kappa shape index (κ1) is 27.2. The monoisotopic (exact) mass is 453 g/mol. The van der Waals surface area contributed by atoms with Crippen molar-refractivity contribution < 1.29 is 33.7 Å². The molecular formula is C22H35N3O7. The van der Waals surface area contributed by atoms with Gasteiger partial charge in [0.05, 0.1) is 0 Å². The van der Waals surface area contributed by atoms with Crippen molar-refractivity contribution in [3.8, 4) is 0 Å². The number of unbranched alkanes of at least 4 members (excludes halogenated alkanes) is 1. The van der Waals surface area contributed by atoms with Gasteiger partial charge in [0, 0.05) is 32.7 Å². The number of hydrogen-bond donors (Lipinski definition) is 4. The normalized spacial score (nSPS) is 11.6. The summed E-state index contributed by atoms with van der Waals surface area (Å²) in [6.45, 7) is 5.41. The largest absolute Gasteiger partial charge is 0.465 e. The molecule has 1 unspecified atom stereocenters. The van der Waals surface area contributed by atoms with Crippen LogP contribution in [0.1, 0.15) is 45.1 Å². The van der Waals surface area contributed by atoms with Gasteiger partial charge in [0.2, 0.25) is 5.91 Å². The number of rotatable bonds is 16. The Balaban J connectivity index is 2.54. The topological polar surface area (TPSA) is 135 Å². The van der Waals surface area contributed by atoms with Crippen molar-refractivity contribution in [3.05, 3.63) is 35.9 Å². The number of amides is 3. The predicted octanol–water partition coefficient (Wildman–Crippen LogP) is 2.62. The van der Waals surface area contributed by atoms with Crippen molar-refractivity contribution in [3.63, 3.8) is 0 Å². The lowest BCUT2D eigenvalue weighted by molar-refractivity contribution is -0.140. The van der Waals surface area contributed by atoms with E-state index in [0.29, 0.717) is 45.4 Å². The van der Waals surface area contributed by atoms with Crippen LogP contribution < -0.4 is 16.0 Å². The van der Waals surface area contributed by atoms with Crippen molar-refractivity contribution in [2.24, 2.45) is 0 Å². The molecule has 0 bridgehead atoms. The first-order valence-corrected chi connectivity index (χ1v) is 10.9. The van der Waals surface area contributed by atoms with E-state index in [9.17, 15) is 14.4 Å². The van der Waals surface area contributed by atoms with Crippen LogP contribution >= 0.6 is 0 Å². The van der Waals surface area contributed by atoms with Gasteiger partial charge in [-0.25, -0.2) is 9.59 Å². The van der Waals surface area contributed by atoms with Gasteiger partial charge in [-0.3, -0.25) is 4.79 Å². The third-order valence-electron chi connectivity index (χ3n) is 4.40. The maximum Gasteiger partial charge on any atom is 0.408 e. The van der Waals surface area contributed by atoms with Gasteiger partial charge in [0.15, 0.2) is 6.29 Å². The van der Waals surface area contributed by atoms with Crippen LogP contribution in [0.3, 0.4) is 0 Å². The SMILES string of the molecule is CCOC(CCNC(=O)C(CCCCNC(=O)O)NC(=O)OCc1ccccc1)OCC. The smallest absolute Gasteiger partial charge is 0.408 e. The minimum Gasteiger partial charge on any atom is -0.465 e. The average molecular weight is 454 g/mol. The number of carbonyl (C=O) groups is 3. The third-order valence-corrected chi connectivity index (χ3v) is 4.40. The number of hydrogen-bond acceptors (Lipinski definition) is 6. The van der Waals surface area contributed by atoms with E-state index in [2.05, 4.69) is 16.0 Å². The molecule has 1 aromatic rings. The highest BCUT2D eigenvalue weighted by Crippen LogP contribution is 2.05. The van der Waals surface area contributed by atoms with Crippen molar-refractivity contribution in [1.82, 2.24) is 16.0 Å². The first-order chi connectivity index (χ1) is 15.5. The summed E-state index contributed by atoms with van der Waals surface area (Å²) in [5, 5.41) is 16.3.